The van der Waals surface area contributed by atoms with Gasteiger partial charge in [-0.15, -0.1) is 0 Å². The van der Waals surface area contributed by atoms with Gasteiger partial charge in [0.25, 0.3) is 20.2 Å². The summed E-state index contributed by atoms with van der Waals surface area (Å²) < 4.78 is 71.1. The van der Waals surface area contributed by atoms with E-state index >= 15 is 0 Å². The van der Waals surface area contributed by atoms with Crippen LogP contribution in [0.25, 0.3) is 0 Å². The maximum Gasteiger partial charge on any atom is 0.266 e. The van der Waals surface area contributed by atoms with Crippen molar-refractivity contribution in [3.8, 4) is 0 Å². The van der Waals surface area contributed by atoms with Crippen molar-refractivity contribution < 1.29 is 35.4 Å². The number of ether oxygens (including phenoxy) is 2. The van der Waals surface area contributed by atoms with Crippen molar-refractivity contribution in [1.29, 1.82) is 0 Å². The third kappa shape index (κ3) is 31.6. The fourth-order valence-electron chi connectivity index (χ4n) is 2.74. The molecular weight excluding hydrogens is 500 g/mol. The SMILES string of the molecule is CNCCCN(CCOC(C)C)CCS(=O)(=O)O.CNCCN(CCOC(C)C)CCS(=O)(=O)O. The molecule has 12 nitrogen and oxygen atoms in total. The van der Waals surface area contributed by atoms with Crippen LogP contribution in [0.3, 0.4) is 0 Å². The van der Waals surface area contributed by atoms with E-state index in [1.54, 1.807) is 0 Å². The Morgan fingerprint density at radius 1 is 0.657 bits per heavy atom. The number of nitrogens with zero attached hydrogens (tertiary/aromatic N) is 2. The molecule has 0 atom stereocenters. The van der Waals surface area contributed by atoms with Gasteiger partial charge in [0.2, 0.25) is 0 Å². The van der Waals surface area contributed by atoms with Crippen LogP contribution in [-0.4, -0.2) is 139 Å². The molecule has 0 aliphatic rings. The fraction of sp³-hybridized carbons (Fsp3) is 1.00. The molecule has 4 N–H and O–H groups in total. The first kappa shape index (κ1) is 36.7. The van der Waals surface area contributed by atoms with Gasteiger partial charge in [-0.2, -0.15) is 16.8 Å². The van der Waals surface area contributed by atoms with E-state index in [9.17, 15) is 16.8 Å². The van der Waals surface area contributed by atoms with E-state index < -0.39 is 20.2 Å². The molecule has 0 bridgehead atoms. The Balaban J connectivity index is 0. The molecule has 0 rings (SSSR count). The van der Waals surface area contributed by atoms with E-state index in [4.69, 9.17) is 18.6 Å². The highest BCUT2D eigenvalue weighted by Crippen LogP contribution is 1.97. The highest BCUT2D eigenvalue weighted by Gasteiger charge is 2.11. The first-order chi connectivity index (χ1) is 16.2. The average molecular weight is 551 g/mol. The summed E-state index contributed by atoms with van der Waals surface area (Å²) in [5, 5.41) is 6.04. The Bertz CT molecular complexity index is 691. The minimum Gasteiger partial charge on any atom is -0.377 e. The molecule has 0 saturated heterocycles. The van der Waals surface area contributed by atoms with Crippen molar-refractivity contribution in [2.45, 2.75) is 46.3 Å². The zero-order chi connectivity index (χ0) is 27.3. The molecule has 0 aromatic carbocycles. The number of hydrogen-bond acceptors (Lipinski definition) is 10. The van der Waals surface area contributed by atoms with E-state index in [1.807, 2.05) is 51.6 Å². The zero-order valence-corrected chi connectivity index (χ0v) is 24.0. The lowest BCUT2D eigenvalue weighted by molar-refractivity contribution is 0.0598. The molecule has 14 heteroatoms. The zero-order valence-electron chi connectivity index (χ0n) is 22.4. The molecule has 0 heterocycles. The topological polar surface area (TPSA) is 158 Å². The van der Waals surface area contributed by atoms with Gasteiger partial charge in [-0.25, -0.2) is 0 Å². The van der Waals surface area contributed by atoms with Gasteiger partial charge in [0.1, 0.15) is 0 Å². The monoisotopic (exact) mass is 550 g/mol. The molecule has 214 valence electrons. The lowest BCUT2D eigenvalue weighted by atomic mass is 10.3. The van der Waals surface area contributed by atoms with Crippen molar-refractivity contribution >= 4 is 20.2 Å². The van der Waals surface area contributed by atoms with Gasteiger partial charge >= 0.3 is 0 Å². The predicted molar refractivity (Wildman–Crippen MR) is 140 cm³/mol. The average Bonchev–Trinajstić information content (AvgIpc) is 2.72. The number of likely N-dealkylation sites (N-methyl/N-ethyl adjacent to an activating group) is 1. The van der Waals surface area contributed by atoms with Gasteiger partial charge < -0.3 is 20.1 Å². The summed E-state index contributed by atoms with van der Waals surface area (Å²) in [6, 6.07) is 0. The highest BCUT2D eigenvalue weighted by atomic mass is 32.2. The van der Waals surface area contributed by atoms with Crippen LogP contribution in [-0.2, 0) is 29.7 Å². The maximum absolute atomic E-state index is 10.7. The van der Waals surface area contributed by atoms with Crippen LogP contribution in [0, 0.1) is 0 Å². The summed E-state index contributed by atoms with van der Waals surface area (Å²) in [7, 11) is -4.06. The van der Waals surface area contributed by atoms with Crippen molar-refractivity contribution in [2.75, 3.05) is 91.2 Å². The predicted octanol–water partition coefficient (Wildman–Crippen LogP) is 0.0313. The second-order valence-electron chi connectivity index (χ2n) is 8.66. The molecule has 0 saturated carbocycles. The molecule has 0 unspecified atom stereocenters. The fourth-order valence-corrected chi connectivity index (χ4v) is 3.72. The maximum atomic E-state index is 10.7. The summed E-state index contributed by atoms with van der Waals surface area (Å²) in [4.78, 5) is 3.94. The molecule has 0 spiro atoms. The summed E-state index contributed by atoms with van der Waals surface area (Å²) in [5.74, 6) is -0.466. The van der Waals surface area contributed by atoms with Crippen LogP contribution in [0.4, 0.5) is 0 Å². The third-order valence-electron chi connectivity index (χ3n) is 4.63. The van der Waals surface area contributed by atoms with E-state index in [1.165, 1.54) is 0 Å². The van der Waals surface area contributed by atoms with Gasteiger partial charge in [0.05, 0.1) is 36.9 Å². The smallest absolute Gasteiger partial charge is 0.266 e. The molecule has 0 fully saturated rings. The third-order valence-corrected chi connectivity index (χ3v) is 6.02. The molecule has 0 aliphatic carbocycles. The lowest BCUT2D eigenvalue weighted by Crippen LogP contribution is -2.37. The second kappa shape index (κ2) is 21.6. The number of hydrogen-bond donors (Lipinski definition) is 4. The van der Waals surface area contributed by atoms with Crippen molar-refractivity contribution in [3.63, 3.8) is 0 Å². The summed E-state index contributed by atoms with van der Waals surface area (Å²) >= 11 is 0. The Morgan fingerprint density at radius 3 is 1.40 bits per heavy atom. The molecule has 0 aliphatic heterocycles. The minimum absolute atomic E-state index is 0.169. The van der Waals surface area contributed by atoms with Crippen molar-refractivity contribution in [3.05, 3.63) is 0 Å². The Morgan fingerprint density at radius 2 is 1.06 bits per heavy atom. The van der Waals surface area contributed by atoms with Crippen LogP contribution in [0.5, 0.6) is 0 Å². The van der Waals surface area contributed by atoms with Gasteiger partial charge in [0.15, 0.2) is 0 Å². The molecule has 0 radical (unpaired) electrons. The normalized spacial score (nSPS) is 12.6. The van der Waals surface area contributed by atoms with Gasteiger partial charge in [-0.1, -0.05) is 0 Å². The van der Waals surface area contributed by atoms with Crippen LogP contribution in [0.15, 0.2) is 0 Å². The summed E-state index contributed by atoms with van der Waals surface area (Å²) in [5.41, 5.74) is 0. The van der Waals surface area contributed by atoms with E-state index in [2.05, 4.69) is 10.6 Å². The molecule has 0 aromatic heterocycles. The van der Waals surface area contributed by atoms with Crippen molar-refractivity contribution in [1.82, 2.24) is 20.4 Å². The lowest BCUT2D eigenvalue weighted by Gasteiger charge is -2.22. The molecular formula is C21H50N4O8S2. The summed E-state index contributed by atoms with van der Waals surface area (Å²) in [6.07, 6.45) is 1.28. The Hall–Kier alpha value is -0.420. The first-order valence-electron chi connectivity index (χ1n) is 12.1. The summed E-state index contributed by atoms with van der Waals surface area (Å²) in [6.45, 7) is 14.1. The largest absolute Gasteiger partial charge is 0.377 e. The van der Waals surface area contributed by atoms with Crippen LogP contribution in [0.2, 0.25) is 0 Å². The standard InChI is InChI=1S/C11H26N2O4S.C10H24N2O4S/c1-11(2)17-9-7-13(6-4-5-12-3)8-10-18(14,15)16;1-10(2)16-8-6-12(5-4-11-3)7-9-17(13,14)15/h11-12H,4-10H2,1-3H3,(H,14,15,16);10-11H,4-9H2,1-3H3,(H,13,14,15). The molecule has 0 amide bonds. The van der Waals surface area contributed by atoms with Gasteiger partial charge in [-0.05, 0) is 61.3 Å². The van der Waals surface area contributed by atoms with Crippen molar-refractivity contribution in [2.24, 2.45) is 0 Å². The van der Waals surface area contributed by atoms with Gasteiger partial charge in [0, 0.05) is 39.3 Å². The van der Waals surface area contributed by atoms with E-state index in [-0.39, 0.29) is 23.7 Å². The second-order valence-corrected chi connectivity index (χ2v) is 11.8. The van der Waals surface area contributed by atoms with Gasteiger partial charge in [-0.3, -0.25) is 18.9 Å². The minimum atomic E-state index is -3.89. The quantitative estimate of drug-likeness (QED) is 0.112. The number of nitrogens with one attached hydrogen (secondary N) is 2. The van der Waals surface area contributed by atoms with E-state index in [0.717, 1.165) is 32.6 Å². The molecule has 35 heavy (non-hydrogen) atoms. The van der Waals surface area contributed by atoms with Crippen LogP contribution in [0.1, 0.15) is 34.1 Å². The Kier molecular flexibility index (Phi) is 22.7. The molecule has 0 aromatic rings. The van der Waals surface area contributed by atoms with Crippen LogP contribution >= 0.6 is 0 Å². The Labute approximate surface area is 213 Å². The highest BCUT2D eigenvalue weighted by molar-refractivity contribution is 7.86. The van der Waals surface area contributed by atoms with E-state index in [0.29, 0.717) is 39.4 Å². The first-order valence-corrected chi connectivity index (χ1v) is 15.3. The van der Waals surface area contributed by atoms with Crippen LogP contribution < -0.4 is 10.6 Å². The number of rotatable bonds is 21.